The van der Waals surface area contributed by atoms with Crippen LogP contribution in [-0.4, -0.2) is 20.7 Å². The van der Waals surface area contributed by atoms with E-state index in [1.54, 1.807) is 6.07 Å². The van der Waals surface area contributed by atoms with Crippen molar-refractivity contribution in [2.75, 3.05) is 0 Å². The first-order valence-electron chi connectivity index (χ1n) is 8.62. The van der Waals surface area contributed by atoms with Crippen LogP contribution in [0.3, 0.4) is 0 Å². The fourth-order valence-corrected chi connectivity index (χ4v) is 3.76. The number of aromatic hydroxyl groups is 1. The summed E-state index contributed by atoms with van der Waals surface area (Å²) in [6.45, 7) is 1.34. The topological polar surface area (TPSA) is 72.2 Å². The Balaban J connectivity index is 2.05. The third-order valence-corrected chi connectivity index (χ3v) is 5.11. The van der Waals surface area contributed by atoms with Gasteiger partial charge >= 0.3 is 6.18 Å². The molecular weight excluding hydrogens is 361 g/mol. The average Bonchev–Trinajstić information content (AvgIpc) is 3.07. The first-order chi connectivity index (χ1) is 12.6. The Morgan fingerprint density at radius 1 is 1.30 bits per heavy atom. The number of rotatable bonds is 4. The highest BCUT2D eigenvalue weighted by Crippen LogP contribution is 2.43. The van der Waals surface area contributed by atoms with E-state index in [0.29, 0.717) is 18.4 Å². The molecule has 2 aromatic rings. The molecule has 0 atom stereocenters. The molecule has 1 heterocycles. The molecule has 1 aromatic heterocycles. The molecule has 0 bridgehead atoms. The summed E-state index contributed by atoms with van der Waals surface area (Å²) in [5, 5.41) is 13.8. The van der Waals surface area contributed by atoms with Gasteiger partial charge in [-0.05, 0) is 24.5 Å². The molecule has 8 heteroatoms. The summed E-state index contributed by atoms with van der Waals surface area (Å²) >= 11 is 0. The van der Waals surface area contributed by atoms with Gasteiger partial charge in [-0.15, -0.1) is 0 Å². The van der Waals surface area contributed by atoms with E-state index in [2.05, 4.69) is 5.10 Å². The number of ketones is 1. The lowest BCUT2D eigenvalue weighted by Crippen LogP contribution is -2.31. The second-order valence-electron chi connectivity index (χ2n) is 7.01. The second kappa shape index (κ2) is 6.83. The summed E-state index contributed by atoms with van der Waals surface area (Å²) in [6, 6.07) is 5.23. The molecule has 3 rings (SSSR count). The van der Waals surface area contributed by atoms with E-state index in [-0.39, 0.29) is 12.2 Å². The van der Waals surface area contributed by atoms with E-state index in [0.717, 1.165) is 31.2 Å². The Kier molecular flexibility index (Phi) is 4.84. The first-order valence-corrected chi connectivity index (χ1v) is 8.62. The number of carbonyl (C=O) groups excluding carboxylic acids is 1. The quantitative estimate of drug-likeness (QED) is 0.822. The second-order valence-corrected chi connectivity index (χ2v) is 7.01. The fraction of sp³-hybridized carbons (Fsp3) is 0.421. The molecule has 0 spiro atoms. The number of nitrogens with zero attached hydrogens (tertiary/aromatic N) is 2. The van der Waals surface area contributed by atoms with Crippen LogP contribution >= 0.6 is 0 Å². The number of benzene rings is 1. The van der Waals surface area contributed by atoms with Gasteiger partial charge in [-0.1, -0.05) is 31.0 Å². The SMILES string of the molecule is CC(=O)c1nn(CC2(c3cccc(C(F)(F)F)c3)CCCC2)cc(O)c1=O. The lowest BCUT2D eigenvalue weighted by Gasteiger charge is -2.31. The summed E-state index contributed by atoms with van der Waals surface area (Å²) in [5.41, 5.74) is -2.01. The van der Waals surface area contributed by atoms with Gasteiger partial charge in [0.1, 0.15) is 0 Å². The standard InChI is InChI=1S/C19H19F3N2O3/c1-12(25)16-17(27)15(26)10-24(23-16)11-18(7-2-3-8-18)13-5-4-6-14(9-13)19(20,21)22/h4-6,9-10,26H,2-3,7-8,11H2,1H3. The molecule has 27 heavy (non-hydrogen) atoms. The van der Waals surface area contributed by atoms with Gasteiger partial charge in [-0.25, -0.2) is 0 Å². The van der Waals surface area contributed by atoms with Gasteiger partial charge in [0.2, 0.25) is 0 Å². The number of aromatic nitrogens is 2. The number of carbonyl (C=O) groups is 1. The lowest BCUT2D eigenvalue weighted by atomic mass is 9.78. The van der Waals surface area contributed by atoms with Crippen molar-refractivity contribution in [1.82, 2.24) is 9.78 Å². The predicted molar refractivity (Wildman–Crippen MR) is 91.8 cm³/mol. The van der Waals surface area contributed by atoms with Crippen molar-refractivity contribution in [2.45, 2.75) is 50.7 Å². The van der Waals surface area contributed by atoms with Gasteiger partial charge in [0.25, 0.3) is 5.43 Å². The summed E-state index contributed by atoms with van der Waals surface area (Å²) in [6.07, 6.45) is -0.311. The van der Waals surface area contributed by atoms with E-state index in [1.165, 1.54) is 17.7 Å². The van der Waals surface area contributed by atoms with Crippen LogP contribution in [0.5, 0.6) is 5.75 Å². The van der Waals surface area contributed by atoms with Crippen LogP contribution in [0.4, 0.5) is 13.2 Å². The maximum absolute atomic E-state index is 13.1. The normalized spacial score (nSPS) is 16.4. The van der Waals surface area contributed by atoms with Crippen LogP contribution in [-0.2, 0) is 18.1 Å². The van der Waals surface area contributed by atoms with Crippen molar-refractivity contribution in [1.29, 1.82) is 0 Å². The van der Waals surface area contributed by atoms with Crippen molar-refractivity contribution < 1.29 is 23.1 Å². The maximum Gasteiger partial charge on any atom is 0.416 e. The predicted octanol–water partition coefficient (Wildman–Crippen LogP) is 3.68. The highest BCUT2D eigenvalue weighted by atomic mass is 19.4. The third kappa shape index (κ3) is 3.74. The Labute approximate surface area is 153 Å². The van der Waals surface area contributed by atoms with E-state index in [9.17, 15) is 27.9 Å². The first kappa shape index (κ1) is 19.1. The number of alkyl halides is 3. The molecular formula is C19H19F3N2O3. The van der Waals surface area contributed by atoms with Gasteiger partial charge in [0.05, 0.1) is 18.3 Å². The van der Waals surface area contributed by atoms with E-state index >= 15 is 0 Å². The zero-order valence-electron chi connectivity index (χ0n) is 14.7. The van der Waals surface area contributed by atoms with Gasteiger partial charge in [-0.2, -0.15) is 18.3 Å². The van der Waals surface area contributed by atoms with E-state index < -0.39 is 34.1 Å². The smallest absolute Gasteiger partial charge is 0.416 e. The summed E-state index contributed by atoms with van der Waals surface area (Å²) in [7, 11) is 0. The average molecular weight is 380 g/mol. The number of halogens is 3. The highest BCUT2D eigenvalue weighted by molar-refractivity contribution is 5.92. The van der Waals surface area contributed by atoms with Crippen molar-refractivity contribution in [3.8, 4) is 5.75 Å². The molecule has 0 amide bonds. The van der Waals surface area contributed by atoms with Gasteiger partial charge in [0, 0.05) is 12.3 Å². The summed E-state index contributed by atoms with van der Waals surface area (Å²) in [5.74, 6) is -1.18. The van der Waals surface area contributed by atoms with E-state index in [4.69, 9.17) is 0 Å². The third-order valence-electron chi connectivity index (χ3n) is 5.11. The lowest BCUT2D eigenvalue weighted by molar-refractivity contribution is -0.137. The van der Waals surface area contributed by atoms with Gasteiger partial charge in [-0.3, -0.25) is 14.3 Å². The van der Waals surface area contributed by atoms with Crippen molar-refractivity contribution in [3.05, 3.63) is 57.5 Å². The molecule has 1 saturated carbocycles. The minimum atomic E-state index is -4.44. The monoisotopic (exact) mass is 380 g/mol. The number of hydrogen-bond acceptors (Lipinski definition) is 4. The molecule has 0 radical (unpaired) electrons. The van der Waals surface area contributed by atoms with Crippen LogP contribution in [0.25, 0.3) is 0 Å². The molecule has 1 fully saturated rings. The molecule has 5 nitrogen and oxygen atoms in total. The molecule has 0 aliphatic heterocycles. The molecule has 1 aliphatic carbocycles. The molecule has 1 N–H and O–H groups in total. The molecule has 0 unspecified atom stereocenters. The van der Waals surface area contributed by atoms with Gasteiger partial charge in [0.15, 0.2) is 17.2 Å². The van der Waals surface area contributed by atoms with Crippen molar-refractivity contribution >= 4 is 5.78 Å². The van der Waals surface area contributed by atoms with Crippen molar-refractivity contribution in [2.24, 2.45) is 0 Å². The van der Waals surface area contributed by atoms with Crippen LogP contribution in [0.1, 0.15) is 54.2 Å². The van der Waals surface area contributed by atoms with Crippen LogP contribution in [0.2, 0.25) is 0 Å². The van der Waals surface area contributed by atoms with Gasteiger partial charge < -0.3 is 5.11 Å². The largest absolute Gasteiger partial charge is 0.503 e. The molecule has 144 valence electrons. The van der Waals surface area contributed by atoms with E-state index in [1.807, 2.05) is 0 Å². The Morgan fingerprint density at radius 3 is 2.56 bits per heavy atom. The zero-order valence-corrected chi connectivity index (χ0v) is 14.7. The fourth-order valence-electron chi connectivity index (χ4n) is 3.76. The number of Topliss-reactive ketones (excluding diaryl/α,β-unsaturated/α-hetero) is 1. The Morgan fingerprint density at radius 2 is 1.96 bits per heavy atom. The molecule has 0 saturated heterocycles. The Bertz CT molecular complexity index is 929. The van der Waals surface area contributed by atoms with Crippen LogP contribution < -0.4 is 5.43 Å². The number of hydrogen-bond donors (Lipinski definition) is 1. The molecule has 1 aromatic carbocycles. The Hall–Kier alpha value is -2.64. The zero-order chi connectivity index (χ0) is 19.8. The van der Waals surface area contributed by atoms with Crippen molar-refractivity contribution in [3.63, 3.8) is 0 Å². The maximum atomic E-state index is 13.1. The van der Waals surface area contributed by atoms with Crippen LogP contribution in [0.15, 0.2) is 35.3 Å². The van der Waals surface area contributed by atoms with Crippen LogP contribution in [0, 0.1) is 0 Å². The summed E-state index contributed by atoms with van der Waals surface area (Å²) < 4.78 is 40.7. The summed E-state index contributed by atoms with van der Waals surface area (Å²) in [4.78, 5) is 23.4. The minimum Gasteiger partial charge on any atom is -0.503 e. The molecule has 1 aliphatic rings. The highest BCUT2D eigenvalue weighted by Gasteiger charge is 2.39. The minimum absolute atomic E-state index is 0.169.